The molecule has 1 aliphatic rings. The Morgan fingerprint density at radius 3 is 2.65 bits per heavy atom. The summed E-state index contributed by atoms with van der Waals surface area (Å²) >= 11 is 5.79. The molecule has 0 saturated carbocycles. The number of alkyl halides is 1. The molecule has 0 bridgehead atoms. The van der Waals surface area contributed by atoms with Crippen molar-refractivity contribution >= 4 is 29.1 Å². The van der Waals surface area contributed by atoms with Crippen LogP contribution in [0.15, 0.2) is 30.3 Å². The minimum Gasteiger partial charge on any atom is -0.351 e. The number of nitrogens with one attached hydrogen (secondary N) is 1. The van der Waals surface area contributed by atoms with E-state index in [1.165, 1.54) is 0 Å². The number of anilines is 1. The van der Waals surface area contributed by atoms with Gasteiger partial charge in [-0.2, -0.15) is 0 Å². The number of nitrogens with zero attached hydrogens (tertiary/aromatic N) is 1. The normalized spacial score (nSPS) is 19.2. The second-order valence-electron chi connectivity index (χ2n) is 5.73. The molecule has 4 nitrogen and oxygen atoms in total. The van der Waals surface area contributed by atoms with Crippen molar-refractivity contribution in [3.63, 3.8) is 0 Å². The van der Waals surface area contributed by atoms with Crippen LogP contribution >= 0.6 is 11.6 Å². The summed E-state index contributed by atoms with van der Waals surface area (Å²) < 4.78 is 0. The van der Waals surface area contributed by atoms with E-state index in [9.17, 15) is 9.59 Å². The number of halogens is 1. The number of benzene rings is 1. The fraction of sp³-hybridized carbons (Fsp3) is 0.467. The van der Waals surface area contributed by atoms with Crippen LogP contribution < -0.4 is 10.2 Å². The van der Waals surface area contributed by atoms with E-state index in [-0.39, 0.29) is 23.7 Å². The minimum absolute atomic E-state index is 0.0326. The van der Waals surface area contributed by atoms with Crippen LogP contribution in [0.25, 0.3) is 0 Å². The molecule has 1 atom stereocenters. The van der Waals surface area contributed by atoms with Crippen LogP contribution in [-0.4, -0.2) is 30.3 Å². The van der Waals surface area contributed by atoms with Crippen molar-refractivity contribution < 1.29 is 9.59 Å². The zero-order valence-electron chi connectivity index (χ0n) is 11.7. The van der Waals surface area contributed by atoms with Gasteiger partial charge in [-0.15, -0.1) is 11.6 Å². The van der Waals surface area contributed by atoms with E-state index in [1.807, 2.05) is 30.3 Å². The fourth-order valence-electron chi connectivity index (χ4n) is 2.10. The van der Waals surface area contributed by atoms with Gasteiger partial charge in [-0.1, -0.05) is 18.2 Å². The zero-order valence-corrected chi connectivity index (χ0v) is 12.5. The molecule has 2 amide bonds. The maximum atomic E-state index is 12.1. The van der Waals surface area contributed by atoms with Crippen molar-refractivity contribution in [3.05, 3.63) is 30.3 Å². The van der Waals surface area contributed by atoms with E-state index in [1.54, 1.807) is 18.7 Å². The molecule has 0 radical (unpaired) electrons. The standard InChI is InChI=1S/C15H19ClN2O2/c1-15(2,10-16)14(20)17-11-8-13(19)18(9-11)12-6-4-3-5-7-12/h3-7,11H,8-10H2,1-2H3,(H,17,20)/t11-/m1/s1. The maximum Gasteiger partial charge on any atom is 0.229 e. The van der Waals surface area contributed by atoms with Gasteiger partial charge in [-0.25, -0.2) is 0 Å². The first kappa shape index (κ1) is 14.9. The molecule has 1 saturated heterocycles. The highest BCUT2D eigenvalue weighted by Gasteiger charge is 2.34. The number of carbonyl (C=O) groups excluding carboxylic acids is 2. The maximum absolute atomic E-state index is 12.1. The van der Waals surface area contributed by atoms with Crippen LogP contribution in [0.4, 0.5) is 5.69 Å². The number of rotatable bonds is 4. The van der Waals surface area contributed by atoms with E-state index < -0.39 is 5.41 Å². The first-order valence-corrected chi connectivity index (χ1v) is 7.20. The van der Waals surface area contributed by atoms with Gasteiger partial charge in [0.2, 0.25) is 11.8 Å². The molecule has 0 aromatic heterocycles. The third-order valence-corrected chi connectivity index (χ3v) is 4.15. The number of hydrogen-bond donors (Lipinski definition) is 1. The van der Waals surface area contributed by atoms with Crippen LogP contribution in [0.5, 0.6) is 0 Å². The van der Waals surface area contributed by atoms with E-state index in [0.717, 1.165) is 5.69 Å². The Morgan fingerprint density at radius 1 is 1.40 bits per heavy atom. The number of hydrogen-bond acceptors (Lipinski definition) is 2. The lowest BCUT2D eigenvalue weighted by Crippen LogP contribution is -2.44. The van der Waals surface area contributed by atoms with Crippen molar-refractivity contribution in [2.75, 3.05) is 17.3 Å². The van der Waals surface area contributed by atoms with Crippen LogP contribution in [0.2, 0.25) is 0 Å². The van der Waals surface area contributed by atoms with Crippen LogP contribution in [0.3, 0.4) is 0 Å². The lowest BCUT2D eigenvalue weighted by molar-refractivity contribution is -0.128. The molecule has 0 spiro atoms. The summed E-state index contributed by atoms with van der Waals surface area (Å²) in [6, 6.07) is 9.33. The molecule has 5 heteroatoms. The van der Waals surface area contributed by atoms with Gasteiger partial charge >= 0.3 is 0 Å². The van der Waals surface area contributed by atoms with Crippen molar-refractivity contribution in [3.8, 4) is 0 Å². The number of para-hydroxylation sites is 1. The van der Waals surface area contributed by atoms with Crippen molar-refractivity contribution in [1.82, 2.24) is 5.32 Å². The second kappa shape index (κ2) is 5.83. The monoisotopic (exact) mass is 294 g/mol. The summed E-state index contributed by atoms with van der Waals surface area (Å²) in [5.41, 5.74) is 0.246. The first-order valence-electron chi connectivity index (χ1n) is 6.66. The lowest BCUT2D eigenvalue weighted by atomic mass is 9.95. The van der Waals surface area contributed by atoms with Crippen molar-refractivity contribution in [1.29, 1.82) is 0 Å². The zero-order chi connectivity index (χ0) is 14.8. The molecular formula is C15H19ClN2O2. The van der Waals surface area contributed by atoms with Gasteiger partial charge in [0.25, 0.3) is 0 Å². The summed E-state index contributed by atoms with van der Waals surface area (Å²) in [5, 5.41) is 2.91. The first-order chi connectivity index (χ1) is 9.44. The smallest absolute Gasteiger partial charge is 0.229 e. The molecule has 2 rings (SSSR count). The Bertz CT molecular complexity index is 502. The second-order valence-corrected chi connectivity index (χ2v) is 6.00. The van der Waals surface area contributed by atoms with Crippen LogP contribution in [-0.2, 0) is 9.59 Å². The van der Waals surface area contributed by atoms with Gasteiger partial charge < -0.3 is 10.2 Å². The summed E-state index contributed by atoms with van der Waals surface area (Å²) in [7, 11) is 0. The predicted octanol–water partition coefficient (Wildman–Crippen LogP) is 2.17. The van der Waals surface area contributed by atoms with Gasteiger partial charge in [0.05, 0.1) is 11.5 Å². The molecule has 20 heavy (non-hydrogen) atoms. The molecule has 1 aliphatic heterocycles. The molecular weight excluding hydrogens is 276 g/mol. The highest BCUT2D eigenvalue weighted by Crippen LogP contribution is 2.23. The van der Waals surface area contributed by atoms with E-state index in [0.29, 0.717) is 13.0 Å². The van der Waals surface area contributed by atoms with Gasteiger partial charge in [-0.05, 0) is 26.0 Å². The van der Waals surface area contributed by atoms with Crippen molar-refractivity contribution in [2.24, 2.45) is 5.41 Å². The molecule has 1 N–H and O–H groups in total. The minimum atomic E-state index is -0.620. The Hall–Kier alpha value is -1.55. The van der Waals surface area contributed by atoms with E-state index in [2.05, 4.69) is 5.32 Å². The van der Waals surface area contributed by atoms with Crippen molar-refractivity contribution in [2.45, 2.75) is 26.3 Å². The van der Waals surface area contributed by atoms with E-state index in [4.69, 9.17) is 11.6 Å². The highest BCUT2D eigenvalue weighted by molar-refractivity contribution is 6.19. The Balaban J connectivity index is 2.01. The van der Waals surface area contributed by atoms with Gasteiger partial charge in [0.15, 0.2) is 0 Å². The molecule has 0 aliphatic carbocycles. The summed E-state index contributed by atoms with van der Waals surface area (Å²) in [5.74, 6) is 0.174. The third kappa shape index (κ3) is 3.12. The average Bonchev–Trinajstić information content (AvgIpc) is 2.80. The Morgan fingerprint density at radius 2 is 2.05 bits per heavy atom. The molecule has 1 aromatic carbocycles. The molecule has 1 fully saturated rings. The number of amides is 2. The third-order valence-electron chi connectivity index (χ3n) is 3.48. The van der Waals surface area contributed by atoms with Crippen LogP contribution in [0.1, 0.15) is 20.3 Å². The highest BCUT2D eigenvalue weighted by atomic mass is 35.5. The molecule has 108 valence electrons. The fourth-order valence-corrected chi connectivity index (χ4v) is 2.22. The summed E-state index contributed by atoms with van der Waals surface area (Å²) in [4.78, 5) is 25.8. The lowest BCUT2D eigenvalue weighted by Gasteiger charge is -2.23. The van der Waals surface area contributed by atoms with Crippen LogP contribution in [0, 0.1) is 5.41 Å². The molecule has 1 heterocycles. The topological polar surface area (TPSA) is 49.4 Å². The molecule has 0 unspecified atom stereocenters. The van der Waals surface area contributed by atoms with Gasteiger partial charge in [0, 0.05) is 24.5 Å². The molecule has 1 aromatic rings. The number of carbonyl (C=O) groups is 2. The quantitative estimate of drug-likeness (QED) is 0.865. The largest absolute Gasteiger partial charge is 0.351 e. The summed E-state index contributed by atoms with van der Waals surface area (Å²) in [6.45, 7) is 4.09. The average molecular weight is 295 g/mol. The van der Waals surface area contributed by atoms with E-state index >= 15 is 0 Å². The Kier molecular flexibility index (Phi) is 4.33. The Labute approximate surface area is 124 Å². The summed E-state index contributed by atoms with van der Waals surface area (Å²) in [6.07, 6.45) is 0.332. The van der Waals surface area contributed by atoms with Gasteiger partial charge in [-0.3, -0.25) is 9.59 Å². The predicted molar refractivity (Wildman–Crippen MR) is 79.8 cm³/mol. The SMILES string of the molecule is CC(C)(CCl)C(=O)N[C@@H]1CC(=O)N(c2ccccc2)C1. The van der Waals surface area contributed by atoms with Gasteiger partial charge in [0.1, 0.15) is 0 Å².